The van der Waals surface area contributed by atoms with Gasteiger partial charge in [-0.1, -0.05) is 18.2 Å². The molecule has 3 rings (SSSR count). The zero-order chi connectivity index (χ0) is 17.1. The highest BCUT2D eigenvalue weighted by atomic mass is 16.4. The molecule has 122 valence electrons. The highest BCUT2D eigenvalue weighted by Crippen LogP contribution is 2.21. The lowest BCUT2D eigenvalue weighted by Crippen LogP contribution is -2.25. The Morgan fingerprint density at radius 2 is 1.71 bits per heavy atom. The van der Waals surface area contributed by atoms with Crippen LogP contribution in [0.4, 0.5) is 0 Å². The Morgan fingerprint density at radius 3 is 2.42 bits per heavy atom. The average Bonchev–Trinajstić information content (AvgIpc) is 2.90. The first kappa shape index (κ1) is 15.8. The van der Waals surface area contributed by atoms with Gasteiger partial charge in [-0.3, -0.25) is 4.79 Å². The molecule has 1 aromatic heterocycles. The molecule has 2 aromatic carbocycles. The van der Waals surface area contributed by atoms with Gasteiger partial charge in [-0.2, -0.15) is 0 Å². The van der Waals surface area contributed by atoms with Crippen molar-refractivity contribution in [2.24, 2.45) is 0 Å². The van der Waals surface area contributed by atoms with Gasteiger partial charge in [0.05, 0.1) is 5.56 Å². The third-order valence-electron chi connectivity index (χ3n) is 4.08. The van der Waals surface area contributed by atoms with Gasteiger partial charge in [-0.05, 0) is 49.2 Å². The van der Waals surface area contributed by atoms with Gasteiger partial charge < -0.3 is 15.4 Å². The minimum absolute atomic E-state index is 0.168. The Hall–Kier alpha value is -3.08. The summed E-state index contributed by atoms with van der Waals surface area (Å²) in [5.74, 6) is -1.21. The van der Waals surface area contributed by atoms with E-state index in [1.165, 1.54) is 35.2 Å². The molecule has 0 atom stereocenters. The first-order valence-electron chi connectivity index (χ1n) is 7.74. The first-order chi connectivity index (χ1) is 11.6. The number of benzene rings is 2. The van der Waals surface area contributed by atoms with E-state index < -0.39 is 5.97 Å². The van der Waals surface area contributed by atoms with E-state index in [-0.39, 0.29) is 11.5 Å². The van der Waals surface area contributed by atoms with Crippen LogP contribution in [0.3, 0.4) is 0 Å². The second-order valence-corrected chi connectivity index (χ2v) is 5.66. The fraction of sp³-hybridized carbons (Fsp3) is 0.158. The van der Waals surface area contributed by atoms with Crippen molar-refractivity contribution < 1.29 is 14.7 Å². The lowest BCUT2D eigenvalue weighted by atomic mass is 10.1. The highest BCUT2D eigenvalue weighted by molar-refractivity contribution is 5.95. The number of rotatable bonds is 5. The molecule has 0 unspecified atom stereocenters. The van der Waals surface area contributed by atoms with Crippen molar-refractivity contribution in [3.05, 3.63) is 70.9 Å². The fourth-order valence-electron chi connectivity index (χ4n) is 2.82. The molecular weight excluding hydrogens is 304 g/mol. The third-order valence-corrected chi connectivity index (χ3v) is 4.08. The molecule has 24 heavy (non-hydrogen) atoms. The van der Waals surface area contributed by atoms with Crippen LogP contribution >= 0.6 is 0 Å². The van der Waals surface area contributed by atoms with E-state index in [0.29, 0.717) is 12.1 Å². The van der Waals surface area contributed by atoms with Gasteiger partial charge >= 0.3 is 5.97 Å². The van der Waals surface area contributed by atoms with E-state index in [0.717, 1.165) is 17.6 Å². The number of para-hydroxylation sites is 1. The van der Waals surface area contributed by atoms with E-state index in [1.54, 1.807) is 0 Å². The normalized spacial score (nSPS) is 10.7. The zero-order valence-electron chi connectivity index (χ0n) is 13.3. The van der Waals surface area contributed by atoms with Gasteiger partial charge in [0.25, 0.3) is 5.91 Å². The van der Waals surface area contributed by atoms with Crippen molar-refractivity contribution in [2.75, 3.05) is 6.54 Å². The molecule has 1 heterocycles. The number of aromatic nitrogens is 1. The maximum Gasteiger partial charge on any atom is 0.335 e. The number of fused-ring (bicyclic) bond motifs is 1. The number of carbonyl (C=O) groups is 2. The van der Waals surface area contributed by atoms with Gasteiger partial charge in [-0.15, -0.1) is 0 Å². The van der Waals surface area contributed by atoms with Crippen LogP contribution in [0.25, 0.3) is 10.9 Å². The van der Waals surface area contributed by atoms with Crippen molar-refractivity contribution in [3.63, 3.8) is 0 Å². The summed E-state index contributed by atoms with van der Waals surface area (Å²) in [6, 6.07) is 14.0. The zero-order valence-corrected chi connectivity index (χ0v) is 13.3. The molecule has 0 fully saturated rings. The quantitative estimate of drug-likeness (QED) is 0.675. The maximum absolute atomic E-state index is 12.1. The SMILES string of the molecule is Cc1[nH]c2ccccc2c1CCNC(=O)c1ccc(C(=O)O)cc1. The first-order valence-corrected chi connectivity index (χ1v) is 7.74. The summed E-state index contributed by atoms with van der Waals surface area (Å²) in [4.78, 5) is 26.3. The van der Waals surface area contributed by atoms with Crippen LogP contribution in [-0.2, 0) is 6.42 Å². The predicted molar refractivity (Wildman–Crippen MR) is 92.5 cm³/mol. The topological polar surface area (TPSA) is 82.2 Å². The van der Waals surface area contributed by atoms with Crippen molar-refractivity contribution in [3.8, 4) is 0 Å². The highest BCUT2D eigenvalue weighted by Gasteiger charge is 2.10. The fourth-order valence-corrected chi connectivity index (χ4v) is 2.82. The van der Waals surface area contributed by atoms with E-state index >= 15 is 0 Å². The van der Waals surface area contributed by atoms with Crippen molar-refractivity contribution in [2.45, 2.75) is 13.3 Å². The number of carbonyl (C=O) groups excluding carboxylic acids is 1. The molecule has 0 aliphatic heterocycles. The summed E-state index contributed by atoms with van der Waals surface area (Å²) in [5, 5.41) is 12.9. The number of aryl methyl sites for hydroxylation is 1. The van der Waals surface area contributed by atoms with E-state index in [9.17, 15) is 9.59 Å². The Kier molecular flexibility index (Phi) is 4.33. The second kappa shape index (κ2) is 6.58. The Morgan fingerprint density at radius 1 is 1.04 bits per heavy atom. The van der Waals surface area contributed by atoms with E-state index in [2.05, 4.69) is 16.4 Å². The van der Waals surface area contributed by atoms with E-state index in [1.807, 2.05) is 25.1 Å². The standard InChI is InChI=1S/C19H18N2O3/c1-12-15(16-4-2-3-5-17(16)21-12)10-11-20-18(22)13-6-8-14(9-7-13)19(23)24/h2-9,21H,10-11H2,1H3,(H,20,22)(H,23,24). The Bertz CT molecular complexity index is 895. The second-order valence-electron chi connectivity index (χ2n) is 5.66. The van der Waals surface area contributed by atoms with Crippen LogP contribution in [0.5, 0.6) is 0 Å². The van der Waals surface area contributed by atoms with Crippen molar-refractivity contribution in [1.82, 2.24) is 10.3 Å². The molecule has 0 radical (unpaired) electrons. The number of hydrogen-bond acceptors (Lipinski definition) is 2. The summed E-state index contributed by atoms with van der Waals surface area (Å²) >= 11 is 0. The summed E-state index contributed by atoms with van der Waals surface area (Å²) < 4.78 is 0. The molecule has 0 spiro atoms. The van der Waals surface area contributed by atoms with Crippen LogP contribution in [0.2, 0.25) is 0 Å². The summed E-state index contributed by atoms with van der Waals surface area (Å²) in [7, 11) is 0. The number of H-pyrrole nitrogens is 1. The molecule has 0 saturated heterocycles. The monoisotopic (exact) mass is 322 g/mol. The van der Waals surface area contributed by atoms with E-state index in [4.69, 9.17) is 5.11 Å². The number of carboxylic acids is 1. The van der Waals surface area contributed by atoms with Crippen LogP contribution in [0.1, 0.15) is 32.0 Å². The minimum atomic E-state index is -1.00. The molecule has 5 nitrogen and oxygen atoms in total. The van der Waals surface area contributed by atoms with Gasteiger partial charge in [-0.25, -0.2) is 4.79 Å². The molecule has 0 saturated carbocycles. The molecule has 0 bridgehead atoms. The van der Waals surface area contributed by atoms with Gasteiger partial charge in [0.15, 0.2) is 0 Å². The van der Waals surface area contributed by atoms with Gasteiger partial charge in [0.2, 0.25) is 0 Å². The summed E-state index contributed by atoms with van der Waals surface area (Å²) in [6.45, 7) is 2.55. The van der Waals surface area contributed by atoms with Crippen LogP contribution < -0.4 is 5.32 Å². The Labute approximate surface area is 139 Å². The average molecular weight is 322 g/mol. The number of aromatic amines is 1. The van der Waals surface area contributed by atoms with Crippen molar-refractivity contribution >= 4 is 22.8 Å². The lowest BCUT2D eigenvalue weighted by Gasteiger charge is -2.06. The smallest absolute Gasteiger partial charge is 0.335 e. The number of aromatic carboxylic acids is 1. The number of carboxylic acid groups (broad SMARTS) is 1. The van der Waals surface area contributed by atoms with Gasteiger partial charge in [0, 0.05) is 28.7 Å². The summed E-state index contributed by atoms with van der Waals surface area (Å²) in [5.41, 5.74) is 4.03. The molecule has 3 N–H and O–H groups in total. The largest absolute Gasteiger partial charge is 0.478 e. The lowest BCUT2D eigenvalue weighted by molar-refractivity contribution is 0.0696. The molecule has 0 aliphatic carbocycles. The molecule has 3 aromatic rings. The third kappa shape index (κ3) is 3.15. The van der Waals surface area contributed by atoms with Crippen molar-refractivity contribution in [1.29, 1.82) is 0 Å². The van der Waals surface area contributed by atoms with Crippen LogP contribution in [0.15, 0.2) is 48.5 Å². The van der Waals surface area contributed by atoms with Gasteiger partial charge in [0.1, 0.15) is 0 Å². The van der Waals surface area contributed by atoms with Crippen LogP contribution in [0, 0.1) is 6.92 Å². The molecule has 0 aliphatic rings. The molecular formula is C19H18N2O3. The Balaban J connectivity index is 1.64. The number of amides is 1. The number of hydrogen-bond donors (Lipinski definition) is 3. The summed E-state index contributed by atoms with van der Waals surface area (Å²) in [6.07, 6.45) is 0.731. The van der Waals surface area contributed by atoms with Crippen LogP contribution in [-0.4, -0.2) is 28.5 Å². The molecule has 5 heteroatoms. The maximum atomic E-state index is 12.1. The minimum Gasteiger partial charge on any atom is -0.478 e. The molecule has 1 amide bonds. The number of nitrogens with one attached hydrogen (secondary N) is 2. The predicted octanol–water partition coefficient (Wildman–Crippen LogP) is 3.15.